The first kappa shape index (κ1) is 17.9. The summed E-state index contributed by atoms with van der Waals surface area (Å²) in [5.74, 6) is 1.78. The molecule has 130 valence electrons. The molecule has 1 fully saturated rings. The van der Waals surface area contributed by atoms with E-state index >= 15 is 0 Å². The Bertz CT molecular complexity index is 506. The lowest BCUT2D eigenvalue weighted by Gasteiger charge is -2.25. The average molecular weight is 323 g/mol. The van der Waals surface area contributed by atoms with E-state index < -0.39 is 5.54 Å². The van der Waals surface area contributed by atoms with E-state index in [2.05, 4.69) is 20.8 Å². The summed E-state index contributed by atoms with van der Waals surface area (Å²) < 4.78 is 5.24. The van der Waals surface area contributed by atoms with Crippen LogP contribution in [0.15, 0.2) is 4.52 Å². The number of rotatable bonds is 7. The Morgan fingerprint density at radius 2 is 2.09 bits per heavy atom. The number of carbonyl (C=O) groups is 1. The first-order valence-corrected chi connectivity index (χ1v) is 8.36. The van der Waals surface area contributed by atoms with Crippen LogP contribution in [0.25, 0.3) is 0 Å². The van der Waals surface area contributed by atoms with E-state index in [0.717, 1.165) is 32.4 Å². The van der Waals surface area contributed by atoms with Gasteiger partial charge in [-0.1, -0.05) is 5.16 Å². The molecule has 7 nitrogen and oxygen atoms in total. The van der Waals surface area contributed by atoms with Crippen molar-refractivity contribution in [1.29, 1.82) is 0 Å². The summed E-state index contributed by atoms with van der Waals surface area (Å²) in [6.45, 7) is 6.52. The molecule has 0 spiro atoms. The molecule has 23 heavy (non-hydrogen) atoms. The molecule has 0 radical (unpaired) electrons. The Morgan fingerprint density at radius 3 is 2.74 bits per heavy atom. The molecule has 2 N–H and O–H groups in total. The van der Waals surface area contributed by atoms with E-state index in [1.54, 1.807) is 0 Å². The maximum Gasteiger partial charge on any atom is 0.240 e. The number of carbonyl (C=O) groups excluding carboxylic acids is 1. The topological polar surface area (TPSA) is 83.3 Å². The lowest BCUT2D eigenvalue weighted by atomic mass is 9.93. The van der Waals surface area contributed by atoms with Gasteiger partial charge < -0.3 is 20.1 Å². The van der Waals surface area contributed by atoms with Crippen molar-refractivity contribution in [3.05, 3.63) is 11.7 Å². The molecule has 1 aromatic heterocycles. The SMILES string of the molecule is CN(C)Cc1nc(C(C)(C)NC(=O)CCC2CCNCC2)no1. The number of piperidine rings is 1. The molecule has 1 aliphatic rings. The Kier molecular flexibility index (Phi) is 6.12. The van der Waals surface area contributed by atoms with Crippen molar-refractivity contribution in [1.82, 2.24) is 25.7 Å². The molecule has 0 saturated carbocycles. The summed E-state index contributed by atoms with van der Waals surface area (Å²) >= 11 is 0. The fourth-order valence-electron chi connectivity index (χ4n) is 2.82. The summed E-state index contributed by atoms with van der Waals surface area (Å²) in [7, 11) is 3.88. The number of nitrogens with one attached hydrogen (secondary N) is 2. The highest BCUT2D eigenvalue weighted by Crippen LogP contribution is 2.20. The van der Waals surface area contributed by atoms with Gasteiger partial charge in [0.1, 0.15) is 0 Å². The van der Waals surface area contributed by atoms with Gasteiger partial charge in [0.15, 0.2) is 5.82 Å². The van der Waals surface area contributed by atoms with Crippen molar-refractivity contribution in [2.75, 3.05) is 27.2 Å². The molecule has 1 aromatic rings. The third-order valence-electron chi connectivity index (χ3n) is 4.17. The van der Waals surface area contributed by atoms with Gasteiger partial charge in [0, 0.05) is 6.42 Å². The van der Waals surface area contributed by atoms with Crippen LogP contribution in [0.1, 0.15) is 51.2 Å². The van der Waals surface area contributed by atoms with Crippen molar-refractivity contribution in [2.24, 2.45) is 5.92 Å². The predicted octanol–water partition coefficient (Wildman–Crippen LogP) is 1.26. The lowest BCUT2D eigenvalue weighted by molar-refractivity contribution is -0.123. The van der Waals surface area contributed by atoms with Crippen molar-refractivity contribution < 1.29 is 9.32 Å². The number of hydrogen-bond donors (Lipinski definition) is 2. The van der Waals surface area contributed by atoms with Crippen molar-refractivity contribution in [2.45, 2.75) is 51.6 Å². The number of aromatic nitrogens is 2. The van der Waals surface area contributed by atoms with Gasteiger partial charge in [0.25, 0.3) is 0 Å². The van der Waals surface area contributed by atoms with Gasteiger partial charge in [-0.3, -0.25) is 4.79 Å². The van der Waals surface area contributed by atoms with Gasteiger partial charge in [-0.25, -0.2) is 0 Å². The highest BCUT2D eigenvalue weighted by Gasteiger charge is 2.29. The Morgan fingerprint density at radius 1 is 1.39 bits per heavy atom. The number of hydrogen-bond acceptors (Lipinski definition) is 6. The van der Waals surface area contributed by atoms with Gasteiger partial charge in [-0.15, -0.1) is 0 Å². The smallest absolute Gasteiger partial charge is 0.240 e. The van der Waals surface area contributed by atoms with E-state index in [0.29, 0.717) is 30.6 Å². The first-order valence-electron chi connectivity index (χ1n) is 8.36. The van der Waals surface area contributed by atoms with Crippen molar-refractivity contribution in [3.8, 4) is 0 Å². The normalized spacial score (nSPS) is 16.7. The maximum absolute atomic E-state index is 12.2. The van der Waals surface area contributed by atoms with Crippen LogP contribution in [-0.4, -0.2) is 48.1 Å². The molecule has 0 unspecified atom stereocenters. The zero-order chi connectivity index (χ0) is 16.9. The minimum Gasteiger partial charge on any atom is -0.344 e. The van der Waals surface area contributed by atoms with Crippen molar-refractivity contribution >= 4 is 5.91 Å². The summed E-state index contributed by atoms with van der Waals surface area (Å²) in [4.78, 5) is 18.6. The monoisotopic (exact) mass is 323 g/mol. The fraction of sp³-hybridized carbons (Fsp3) is 0.812. The van der Waals surface area contributed by atoms with Gasteiger partial charge in [0.05, 0.1) is 12.1 Å². The third-order valence-corrected chi connectivity index (χ3v) is 4.17. The van der Waals surface area contributed by atoms with Gasteiger partial charge in [-0.2, -0.15) is 4.98 Å². The molecule has 1 saturated heterocycles. The third kappa shape index (κ3) is 5.58. The van der Waals surface area contributed by atoms with E-state index in [4.69, 9.17) is 4.52 Å². The predicted molar refractivity (Wildman–Crippen MR) is 87.7 cm³/mol. The molecule has 0 aliphatic carbocycles. The molecule has 2 heterocycles. The van der Waals surface area contributed by atoms with Crippen LogP contribution >= 0.6 is 0 Å². The minimum atomic E-state index is -0.626. The number of nitrogens with zero attached hydrogens (tertiary/aromatic N) is 3. The van der Waals surface area contributed by atoms with Gasteiger partial charge in [0.2, 0.25) is 11.8 Å². The molecule has 0 atom stereocenters. The molecular weight excluding hydrogens is 294 g/mol. The first-order chi connectivity index (χ1) is 10.9. The second-order valence-electron chi connectivity index (χ2n) is 7.15. The molecule has 1 amide bonds. The van der Waals surface area contributed by atoms with Crippen LogP contribution in [0.3, 0.4) is 0 Å². The standard InChI is InChI=1S/C16H29N5O2/c1-16(2,15-18-14(23-20-15)11-21(3)4)19-13(22)6-5-12-7-9-17-10-8-12/h12,17H,5-11H2,1-4H3,(H,19,22). The highest BCUT2D eigenvalue weighted by atomic mass is 16.5. The largest absolute Gasteiger partial charge is 0.344 e. The van der Waals surface area contributed by atoms with Crippen LogP contribution in [0, 0.1) is 5.92 Å². The van der Waals surface area contributed by atoms with E-state index in [1.165, 1.54) is 0 Å². The second kappa shape index (κ2) is 7.88. The maximum atomic E-state index is 12.2. The van der Waals surface area contributed by atoms with E-state index in [-0.39, 0.29) is 5.91 Å². The average Bonchev–Trinajstić information content (AvgIpc) is 2.94. The second-order valence-corrected chi connectivity index (χ2v) is 7.15. The highest BCUT2D eigenvalue weighted by molar-refractivity contribution is 5.76. The quantitative estimate of drug-likeness (QED) is 0.786. The number of amides is 1. The van der Waals surface area contributed by atoms with Crippen LogP contribution in [-0.2, 0) is 16.9 Å². The Hall–Kier alpha value is -1.47. The van der Waals surface area contributed by atoms with Crippen LogP contribution < -0.4 is 10.6 Å². The van der Waals surface area contributed by atoms with E-state index in [1.807, 2.05) is 32.8 Å². The fourth-order valence-corrected chi connectivity index (χ4v) is 2.82. The molecular formula is C16H29N5O2. The minimum absolute atomic E-state index is 0.0486. The van der Waals surface area contributed by atoms with Gasteiger partial charge in [-0.05, 0) is 66.2 Å². The van der Waals surface area contributed by atoms with Crippen molar-refractivity contribution in [3.63, 3.8) is 0 Å². The lowest BCUT2D eigenvalue weighted by Crippen LogP contribution is -2.42. The Balaban J connectivity index is 1.84. The van der Waals surface area contributed by atoms with E-state index in [9.17, 15) is 4.79 Å². The van der Waals surface area contributed by atoms with Crippen LogP contribution in [0.2, 0.25) is 0 Å². The molecule has 1 aliphatic heterocycles. The van der Waals surface area contributed by atoms with Gasteiger partial charge >= 0.3 is 0 Å². The van der Waals surface area contributed by atoms with Crippen LogP contribution in [0.4, 0.5) is 0 Å². The zero-order valence-electron chi connectivity index (χ0n) is 14.7. The summed E-state index contributed by atoms with van der Waals surface area (Å²) in [6.07, 6.45) is 3.82. The Labute approximate surface area is 138 Å². The molecule has 0 bridgehead atoms. The zero-order valence-corrected chi connectivity index (χ0v) is 14.7. The molecule has 2 rings (SSSR count). The summed E-state index contributed by atoms with van der Waals surface area (Å²) in [5.41, 5.74) is -0.626. The van der Waals surface area contributed by atoms with Crippen LogP contribution in [0.5, 0.6) is 0 Å². The summed E-state index contributed by atoms with van der Waals surface area (Å²) in [5, 5.41) is 10.4. The summed E-state index contributed by atoms with van der Waals surface area (Å²) in [6, 6.07) is 0. The molecule has 7 heteroatoms. The molecule has 0 aromatic carbocycles.